The maximum atomic E-state index is 4.40. The second-order valence-electron chi connectivity index (χ2n) is 4.03. The summed E-state index contributed by atoms with van der Waals surface area (Å²) in [4.78, 5) is 1.83. The van der Waals surface area contributed by atoms with Crippen LogP contribution in [0.15, 0.2) is 56.7 Å². The molecule has 84 valence electrons. The van der Waals surface area contributed by atoms with Crippen LogP contribution in [0, 0.1) is 0 Å². The van der Waals surface area contributed by atoms with Crippen LogP contribution < -0.4 is 0 Å². The number of hydrogen-bond acceptors (Lipinski definition) is 2. The average molecular weight is 321 g/mol. The fourth-order valence-corrected chi connectivity index (χ4v) is 2.78. The standard InChI is InChI=1S/C14H9BrS2/c15-12-2-1-8-3-10-6-13(16)14(17)7-11(10)4-9(8)5-12/h1-7,16-17H. The van der Waals surface area contributed by atoms with Gasteiger partial charge in [-0.2, -0.15) is 0 Å². The molecule has 0 aliphatic heterocycles. The number of halogens is 1. The van der Waals surface area contributed by atoms with Gasteiger partial charge in [-0.3, -0.25) is 0 Å². The van der Waals surface area contributed by atoms with Gasteiger partial charge < -0.3 is 0 Å². The summed E-state index contributed by atoms with van der Waals surface area (Å²) in [5.41, 5.74) is 0. The summed E-state index contributed by atoms with van der Waals surface area (Å²) in [6, 6.07) is 14.8. The van der Waals surface area contributed by atoms with Crippen LogP contribution >= 0.6 is 41.2 Å². The zero-order valence-corrected chi connectivity index (χ0v) is 12.2. The van der Waals surface area contributed by atoms with Crippen LogP contribution in [0.4, 0.5) is 0 Å². The third-order valence-electron chi connectivity index (χ3n) is 2.85. The third-order valence-corrected chi connectivity index (χ3v) is 4.26. The lowest BCUT2D eigenvalue weighted by Crippen LogP contribution is -1.79. The van der Waals surface area contributed by atoms with E-state index in [0.717, 1.165) is 14.3 Å². The highest BCUT2D eigenvalue weighted by Crippen LogP contribution is 2.30. The minimum atomic E-state index is 0.912. The summed E-state index contributed by atoms with van der Waals surface area (Å²) >= 11 is 12.3. The molecule has 0 saturated carbocycles. The smallest absolute Gasteiger partial charge is 0.0181 e. The molecule has 0 atom stereocenters. The molecule has 3 aromatic carbocycles. The van der Waals surface area contributed by atoms with Crippen LogP contribution in [0.25, 0.3) is 21.5 Å². The van der Waals surface area contributed by atoms with Crippen molar-refractivity contribution >= 4 is 62.7 Å². The predicted molar refractivity (Wildman–Crippen MR) is 83.7 cm³/mol. The van der Waals surface area contributed by atoms with Gasteiger partial charge in [0.1, 0.15) is 0 Å². The Morgan fingerprint density at radius 2 is 1.18 bits per heavy atom. The van der Waals surface area contributed by atoms with Gasteiger partial charge >= 0.3 is 0 Å². The molecule has 0 spiro atoms. The Balaban J connectivity index is 2.43. The fraction of sp³-hybridized carbons (Fsp3) is 0. The predicted octanol–water partition coefficient (Wildman–Crippen LogP) is 5.33. The van der Waals surface area contributed by atoms with Crippen LogP contribution in [0.3, 0.4) is 0 Å². The molecule has 0 fully saturated rings. The van der Waals surface area contributed by atoms with Crippen LogP contribution in [0.5, 0.6) is 0 Å². The molecule has 0 heterocycles. The minimum Gasteiger partial charge on any atom is -0.142 e. The van der Waals surface area contributed by atoms with Crippen molar-refractivity contribution in [3.63, 3.8) is 0 Å². The van der Waals surface area contributed by atoms with Crippen LogP contribution in [-0.2, 0) is 0 Å². The summed E-state index contributed by atoms with van der Waals surface area (Å²) in [5.74, 6) is 0. The van der Waals surface area contributed by atoms with E-state index < -0.39 is 0 Å². The Bertz CT molecular complexity index is 735. The Morgan fingerprint density at radius 3 is 1.82 bits per heavy atom. The van der Waals surface area contributed by atoms with Gasteiger partial charge in [0.05, 0.1) is 0 Å². The topological polar surface area (TPSA) is 0 Å². The van der Waals surface area contributed by atoms with Crippen molar-refractivity contribution in [2.24, 2.45) is 0 Å². The van der Waals surface area contributed by atoms with Gasteiger partial charge in [0, 0.05) is 14.3 Å². The lowest BCUT2D eigenvalue weighted by molar-refractivity contribution is 1.30. The van der Waals surface area contributed by atoms with Gasteiger partial charge in [-0.15, -0.1) is 25.3 Å². The fourth-order valence-electron chi connectivity index (χ4n) is 2.00. The van der Waals surface area contributed by atoms with Crippen molar-refractivity contribution in [3.8, 4) is 0 Å². The number of fused-ring (bicyclic) bond motifs is 2. The molecule has 17 heavy (non-hydrogen) atoms. The van der Waals surface area contributed by atoms with E-state index in [0.29, 0.717) is 0 Å². The average Bonchev–Trinajstić information content (AvgIpc) is 2.28. The largest absolute Gasteiger partial charge is 0.142 e. The monoisotopic (exact) mass is 320 g/mol. The lowest BCUT2D eigenvalue weighted by Gasteiger charge is -2.05. The highest BCUT2D eigenvalue weighted by Gasteiger charge is 2.02. The van der Waals surface area contributed by atoms with Gasteiger partial charge in [-0.25, -0.2) is 0 Å². The van der Waals surface area contributed by atoms with Crippen LogP contribution in [-0.4, -0.2) is 0 Å². The Morgan fingerprint density at radius 1 is 0.647 bits per heavy atom. The highest BCUT2D eigenvalue weighted by atomic mass is 79.9. The van der Waals surface area contributed by atoms with E-state index in [-0.39, 0.29) is 0 Å². The normalized spacial score (nSPS) is 11.2. The summed E-state index contributed by atoms with van der Waals surface area (Å²) in [5, 5.41) is 4.85. The Labute approximate surface area is 119 Å². The molecular formula is C14H9BrS2. The van der Waals surface area contributed by atoms with E-state index in [1.165, 1.54) is 21.5 Å². The van der Waals surface area contributed by atoms with Crippen molar-refractivity contribution in [1.82, 2.24) is 0 Å². The Hall–Kier alpha value is -0.640. The van der Waals surface area contributed by atoms with Crippen LogP contribution in [0.2, 0.25) is 0 Å². The van der Waals surface area contributed by atoms with E-state index in [4.69, 9.17) is 0 Å². The zero-order valence-electron chi connectivity index (χ0n) is 8.81. The van der Waals surface area contributed by atoms with Gasteiger partial charge in [0.15, 0.2) is 0 Å². The minimum absolute atomic E-state index is 0.912. The van der Waals surface area contributed by atoms with E-state index in [2.05, 4.69) is 83.7 Å². The molecule has 0 N–H and O–H groups in total. The summed E-state index contributed by atoms with van der Waals surface area (Å²) in [6.07, 6.45) is 0. The first-order chi connectivity index (χ1) is 8.13. The van der Waals surface area contributed by atoms with Gasteiger partial charge in [-0.1, -0.05) is 22.0 Å². The first-order valence-corrected chi connectivity index (χ1v) is 6.87. The van der Waals surface area contributed by atoms with E-state index in [9.17, 15) is 0 Å². The van der Waals surface area contributed by atoms with Gasteiger partial charge in [-0.05, 0) is 57.9 Å². The first kappa shape index (κ1) is 11.5. The second kappa shape index (κ2) is 4.23. The molecule has 0 aliphatic carbocycles. The number of benzene rings is 3. The van der Waals surface area contributed by atoms with Gasteiger partial charge in [0.25, 0.3) is 0 Å². The maximum Gasteiger partial charge on any atom is 0.0181 e. The highest BCUT2D eigenvalue weighted by molar-refractivity contribution is 9.10. The van der Waals surface area contributed by atoms with Crippen molar-refractivity contribution in [2.75, 3.05) is 0 Å². The molecule has 0 aromatic heterocycles. The first-order valence-electron chi connectivity index (χ1n) is 5.18. The molecule has 0 bridgehead atoms. The van der Waals surface area contributed by atoms with Crippen molar-refractivity contribution in [2.45, 2.75) is 9.79 Å². The molecule has 0 aliphatic rings. The molecule has 0 nitrogen and oxygen atoms in total. The molecule has 3 rings (SSSR count). The summed E-state index contributed by atoms with van der Waals surface area (Å²) < 4.78 is 1.10. The molecule has 0 radical (unpaired) electrons. The van der Waals surface area contributed by atoms with Crippen molar-refractivity contribution < 1.29 is 0 Å². The molecule has 0 unspecified atom stereocenters. The number of thiol groups is 2. The zero-order chi connectivity index (χ0) is 12.0. The molecule has 0 amide bonds. The molecular weight excluding hydrogens is 312 g/mol. The van der Waals surface area contributed by atoms with Crippen molar-refractivity contribution in [3.05, 3.63) is 46.9 Å². The lowest BCUT2D eigenvalue weighted by atomic mass is 10.0. The van der Waals surface area contributed by atoms with Gasteiger partial charge in [0.2, 0.25) is 0 Å². The quantitative estimate of drug-likeness (QED) is 0.406. The van der Waals surface area contributed by atoms with Crippen LogP contribution in [0.1, 0.15) is 0 Å². The summed E-state index contributed by atoms with van der Waals surface area (Å²) in [6.45, 7) is 0. The van der Waals surface area contributed by atoms with Crippen molar-refractivity contribution in [1.29, 1.82) is 0 Å². The second-order valence-corrected chi connectivity index (χ2v) is 5.91. The molecule has 3 aromatic rings. The van der Waals surface area contributed by atoms with E-state index in [1.807, 2.05) is 0 Å². The molecule has 3 heteroatoms. The maximum absolute atomic E-state index is 4.40. The SMILES string of the molecule is Sc1cc2cc3ccc(Br)cc3cc2cc1S. The van der Waals surface area contributed by atoms with E-state index in [1.54, 1.807) is 0 Å². The Kier molecular flexibility index (Phi) is 2.85. The molecule has 0 saturated heterocycles. The van der Waals surface area contributed by atoms with E-state index >= 15 is 0 Å². The summed E-state index contributed by atoms with van der Waals surface area (Å²) in [7, 11) is 0. The number of rotatable bonds is 0. The number of hydrogen-bond donors (Lipinski definition) is 2. The third kappa shape index (κ3) is 2.07.